The average molecular weight is 191 g/mol. The van der Waals surface area contributed by atoms with Crippen LogP contribution in [-0.2, 0) is 6.42 Å². The molecule has 0 fully saturated rings. The van der Waals surface area contributed by atoms with Crippen molar-refractivity contribution < 1.29 is 4.39 Å². The van der Waals surface area contributed by atoms with Gasteiger partial charge in [0.2, 0.25) is 0 Å². The predicted octanol–water partition coefficient (Wildman–Crippen LogP) is 3.57. The van der Waals surface area contributed by atoms with E-state index in [1.165, 1.54) is 0 Å². The summed E-state index contributed by atoms with van der Waals surface area (Å²) in [7, 11) is 0. The summed E-state index contributed by atoms with van der Waals surface area (Å²) < 4.78 is 13.8. The molecule has 0 saturated heterocycles. The smallest absolute Gasteiger partial charge is 0.135 e. The zero-order valence-corrected chi connectivity index (χ0v) is 8.52. The molecule has 0 amide bonds. The molecule has 0 saturated carbocycles. The van der Waals surface area contributed by atoms with Gasteiger partial charge in [0.15, 0.2) is 0 Å². The average Bonchev–Trinajstić information content (AvgIpc) is 2.57. The van der Waals surface area contributed by atoms with E-state index < -0.39 is 0 Å². The fourth-order valence-electron chi connectivity index (χ4n) is 1.82. The van der Waals surface area contributed by atoms with Crippen molar-refractivity contribution in [2.24, 2.45) is 0 Å². The Morgan fingerprint density at radius 1 is 1.36 bits per heavy atom. The first-order valence-electron chi connectivity index (χ1n) is 4.99. The van der Waals surface area contributed by atoms with E-state index in [-0.39, 0.29) is 5.82 Å². The molecule has 0 radical (unpaired) electrons. The number of aromatic amines is 1. The van der Waals surface area contributed by atoms with Crippen LogP contribution in [0.1, 0.15) is 24.5 Å². The molecular weight excluding hydrogens is 177 g/mol. The van der Waals surface area contributed by atoms with Crippen LogP contribution in [0.5, 0.6) is 0 Å². The first-order chi connectivity index (χ1) is 6.74. The normalized spacial score (nSPS) is 11.1. The van der Waals surface area contributed by atoms with Gasteiger partial charge in [0.1, 0.15) is 5.82 Å². The van der Waals surface area contributed by atoms with Crippen LogP contribution in [0.25, 0.3) is 10.9 Å². The second-order valence-electron chi connectivity index (χ2n) is 3.68. The monoisotopic (exact) mass is 191 g/mol. The largest absolute Gasteiger partial charge is 0.361 e. The fourth-order valence-corrected chi connectivity index (χ4v) is 1.82. The maximum atomic E-state index is 13.8. The van der Waals surface area contributed by atoms with Crippen molar-refractivity contribution in [1.82, 2.24) is 4.98 Å². The molecule has 1 aromatic heterocycles. The molecule has 14 heavy (non-hydrogen) atoms. The summed E-state index contributed by atoms with van der Waals surface area (Å²) in [6, 6.07) is 3.75. The molecule has 2 heteroatoms. The molecule has 2 rings (SSSR count). The summed E-state index contributed by atoms with van der Waals surface area (Å²) in [5.41, 5.74) is 2.70. The lowest BCUT2D eigenvalue weighted by Crippen LogP contribution is -1.86. The van der Waals surface area contributed by atoms with Gasteiger partial charge in [-0.2, -0.15) is 0 Å². The van der Waals surface area contributed by atoms with Gasteiger partial charge >= 0.3 is 0 Å². The molecule has 1 nitrogen and oxygen atoms in total. The third-order valence-corrected chi connectivity index (χ3v) is 2.58. The minimum absolute atomic E-state index is 0.0767. The first kappa shape index (κ1) is 9.25. The van der Waals surface area contributed by atoms with Gasteiger partial charge in [-0.25, -0.2) is 4.39 Å². The van der Waals surface area contributed by atoms with E-state index in [0.717, 1.165) is 34.9 Å². The summed E-state index contributed by atoms with van der Waals surface area (Å²) in [5, 5.41) is 0.770. The Morgan fingerprint density at radius 2 is 2.14 bits per heavy atom. The summed E-state index contributed by atoms with van der Waals surface area (Å²) in [4.78, 5) is 3.10. The quantitative estimate of drug-likeness (QED) is 0.747. The summed E-state index contributed by atoms with van der Waals surface area (Å²) in [6.45, 7) is 3.91. The van der Waals surface area contributed by atoms with E-state index in [9.17, 15) is 4.39 Å². The highest BCUT2D eigenvalue weighted by Crippen LogP contribution is 2.24. The van der Waals surface area contributed by atoms with Crippen LogP contribution in [0.3, 0.4) is 0 Å². The molecule has 0 aliphatic heterocycles. The van der Waals surface area contributed by atoms with E-state index in [2.05, 4.69) is 11.9 Å². The number of benzene rings is 1. The second-order valence-corrected chi connectivity index (χ2v) is 3.68. The zero-order valence-electron chi connectivity index (χ0n) is 8.52. The molecule has 0 aliphatic rings. The van der Waals surface area contributed by atoms with Gasteiger partial charge in [0.05, 0.1) is 0 Å². The molecular formula is C12H14FN. The predicted molar refractivity (Wildman–Crippen MR) is 57.0 cm³/mol. The molecule has 1 N–H and O–H groups in total. The highest BCUT2D eigenvalue weighted by molar-refractivity contribution is 5.84. The number of aromatic nitrogens is 1. The molecule has 1 heterocycles. The van der Waals surface area contributed by atoms with Crippen molar-refractivity contribution in [2.45, 2.75) is 26.7 Å². The van der Waals surface area contributed by atoms with Gasteiger partial charge in [-0.1, -0.05) is 19.4 Å². The van der Waals surface area contributed by atoms with E-state index in [4.69, 9.17) is 0 Å². The van der Waals surface area contributed by atoms with Crippen LogP contribution >= 0.6 is 0 Å². The van der Waals surface area contributed by atoms with Crippen molar-refractivity contribution >= 4 is 10.9 Å². The van der Waals surface area contributed by atoms with Crippen molar-refractivity contribution in [1.29, 1.82) is 0 Å². The highest BCUT2D eigenvalue weighted by Gasteiger charge is 2.09. The number of hydrogen-bond acceptors (Lipinski definition) is 0. The first-order valence-corrected chi connectivity index (χ1v) is 4.99. The standard InChI is InChI=1S/C12H14FN/c1-3-4-9-7-14-10-6-5-8(2)12(13)11(9)10/h5-7,14H,3-4H2,1-2H3. The fraction of sp³-hybridized carbons (Fsp3) is 0.333. The minimum atomic E-state index is -0.0767. The Kier molecular flexibility index (Phi) is 2.28. The molecule has 0 bridgehead atoms. The molecule has 2 aromatic rings. The lowest BCUT2D eigenvalue weighted by molar-refractivity contribution is 0.629. The number of halogens is 1. The van der Waals surface area contributed by atoms with Crippen molar-refractivity contribution in [3.05, 3.63) is 35.3 Å². The Bertz CT molecular complexity index is 457. The Hall–Kier alpha value is -1.31. The third kappa shape index (κ3) is 1.31. The van der Waals surface area contributed by atoms with Gasteiger partial charge in [-0.15, -0.1) is 0 Å². The SMILES string of the molecule is CCCc1c[nH]c2ccc(C)c(F)c12. The lowest BCUT2D eigenvalue weighted by atomic mass is 10.1. The van der Waals surface area contributed by atoms with Crippen LogP contribution in [0.2, 0.25) is 0 Å². The van der Waals surface area contributed by atoms with E-state index in [0.29, 0.717) is 0 Å². The summed E-state index contributed by atoms with van der Waals surface area (Å²) in [5.74, 6) is -0.0767. The van der Waals surface area contributed by atoms with Crippen LogP contribution in [0.15, 0.2) is 18.3 Å². The van der Waals surface area contributed by atoms with Crippen molar-refractivity contribution in [3.63, 3.8) is 0 Å². The summed E-state index contributed by atoms with van der Waals surface area (Å²) >= 11 is 0. The topological polar surface area (TPSA) is 15.8 Å². The zero-order chi connectivity index (χ0) is 10.1. The Morgan fingerprint density at radius 3 is 2.86 bits per heavy atom. The number of hydrogen-bond donors (Lipinski definition) is 1. The van der Waals surface area contributed by atoms with Crippen molar-refractivity contribution in [3.8, 4) is 0 Å². The second kappa shape index (κ2) is 3.45. The molecule has 74 valence electrons. The van der Waals surface area contributed by atoms with Crippen LogP contribution in [0, 0.1) is 12.7 Å². The lowest BCUT2D eigenvalue weighted by Gasteiger charge is -2.00. The molecule has 1 aromatic carbocycles. The molecule has 0 spiro atoms. The minimum Gasteiger partial charge on any atom is -0.361 e. The van der Waals surface area contributed by atoms with E-state index in [1.807, 2.05) is 18.3 Å². The maximum Gasteiger partial charge on any atom is 0.135 e. The van der Waals surface area contributed by atoms with Gasteiger partial charge in [0, 0.05) is 17.1 Å². The number of fused-ring (bicyclic) bond motifs is 1. The molecule has 0 aliphatic carbocycles. The highest BCUT2D eigenvalue weighted by atomic mass is 19.1. The number of nitrogens with one attached hydrogen (secondary N) is 1. The van der Waals surface area contributed by atoms with Gasteiger partial charge < -0.3 is 4.98 Å². The third-order valence-electron chi connectivity index (χ3n) is 2.58. The van der Waals surface area contributed by atoms with Crippen LogP contribution in [-0.4, -0.2) is 4.98 Å². The van der Waals surface area contributed by atoms with Gasteiger partial charge in [0.25, 0.3) is 0 Å². The van der Waals surface area contributed by atoms with E-state index in [1.54, 1.807) is 6.92 Å². The number of H-pyrrole nitrogens is 1. The van der Waals surface area contributed by atoms with E-state index >= 15 is 0 Å². The Labute approximate surface area is 82.9 Å². The maximum absolute atomic E-state index is 13.8. The van der Waals surface area contributed by atoms with Crippen LogP contribution < -0.4 is 0 Å². The summed E-state index contributed by atoms with van der Waals surface area (Å²) in [6.07, 6.45) is 3.89. The molecule has 0 unspecified atom stereocenters. The number of rotatable bonds is 2. The van der Waals surface area contributed by atoms with Crippen LogP contribution in [0.4, 0.5) is 4.39 Å². The van der Waals surface area contributed by atoms with Crippen molar-refractivity contribution in [2.75, 3.05) is 0 Å². The number of aryl methyl sites for hydroxylation is 2. The molecule has 0 atom stereocenters. The Balaban J connectivity index is 2.69. The van der Waals surface area contributed by atoms with Gasteiger partial charge in [-0.05, 0) is 30.5 Å². The van der Waals surface area contributed by atoms with Gasteiger partial charge in [-0.3, -0.25) is 0 Å².